The average Bonchev–Trinajstić information content (AvgIpc) is 2.60. The third-order valence-corrected chi connectivity index (χ3v) is 2.06. The van der Waals surface area contributed by atoms with Crippen molar-refractivity contribution in [3.8, 4) is 0 Å². The molecular weight excluding hydrogens is 199 g/mol. The van der Waals surface area contributed by atoms with Gasteiger partial charge in [0.15, 0.2) is 0 Å². The summed E-state index contributed by atoms with van der Waals surface area (Å²) in [5.74, 6) is -1.15. The Morgan fingerprint density at radius 2 is 2.23 bits per heavy atom. The van der Waals surface area contributed by atoms with Crippen molar-refractivity contribution in [1.82, 2.24) is 5.32 Å². The Labute approximate surface area is 117 Å². The Bertz CT molecular complexity index is 296. The minimum absolute atomic E-state index is 0. The van der Waals surface area contributed by atoms with Crippen LogP contribution in [0.25, 0.3) is 0 Å². The Balaban J connectivity index is 0.000000845. The summed E-state index contributed by atoms with van der Waals surface area (Å²) in [5, 5.41) is 12.6. The maximum absolute atomic E-state index is 11.1. The van der Waals surface area contributed by atoms with E-state index in [4.69, 9.17) is 0 Å². The van der Waals surface area contributed by atoms with E-state index in [2.05, 4.69) is 10.3 Å². The predicted octanol–water partition coefficient (Wildman–Crippen LogP) is -4.81. The van der Waals surface area contributed by atoms with Crippen molar-refractivity contribution in [2.45, 2.75) is 24.8 Å². The van der Waals surface area contributed by atoms with Gasteiger partial charge in [0.25, 0.3) is 5.91 Å². The van der Waals surface area contributed by atoms with Crippen LogP contribution in [0.3, 0.4) is 0 Å². The van der Waals surface area contributed by atoms with Crippen LogP contribution in [0.15, 0.2) is 4.99 Å². The second-order valence-electron chi connectivity index (χ2n) is 3.09. The Kier molecular flexibility index (Phi) is 3.29. The molecule has 1 aliphatic carbocycles. The van der Waals surface area contributed by atoms with Crippen LogP contribution in [-0.2, 0) is 9.59 Å². The van der Waals surface area contributed by atoms with Crippen molar-refractivity contribution in [2.75, 3.05) is 0 Å². The largest absolute Gasteiger partial charge is 1.00 e. The van der Waals surface area contributed by atoms with E-state index in [1.807, 2.05) is 0 Å². The molecule has 0 aromatic heterocycles. The van der Waals surface area contributed by atoms with Gasteiger partial charge in [0.2, 0.25) is 0 Å². The number of hydrogen-bond donors (Lipinski definition) is 1. The van der Waals surface area contributed by atoms with Crippen LogP contribution in [0.2, 0.25) is 0 Å². The third kappa shape index (κ3) is 2.19. The number of carbonyl (C=O) groups excluding carboxylic acids is 2. The maximum Gasteiger partial charge on any atom is 1.00 e. The fraction of sp³-hybridized carbons (Fsp3) is 0.571. The van der Waals surface area contributed by atoms with E-state index in [0.717, 1.165) is 12.8 Å². The van der Waals surface area contributed by atoms with Crippen LogP contribution in [0.1, 0.15) is 19.3 Å². The molecule has 1 aliphatic heterocycles. The summed E-state index contributed by atoms with van der Waals surface area (Å²) in [4.78, 5) is 25.2. The number of rotatable bonds is 2. The second kappa shape index (κ2) is 3.78. The molecule has 1 amide bonds. The molecule has 0 radical (unpaired) electrons. The smallest absolute Gasteiger partial charge is 0.550 e. The SMILES string of the molecule is O=C([O-])CC1=NC2(CC2)C(=O)N1.[K+]. The van der Waals surface area contributed by atoms with Crippen molar-refractivity contribution in [3.63, 3.8) is 0 Å². The summed E-state index contributed by atoms with van der Waals surface area (Å²) < 4.78 is 0. The Hall–Kier alpha value is 0.246. The molecule has 0 aromatic rings. The van der Waals surface area contributed by atoms with E-state index in [1.165, 1.54) is 0 Å². The summed E-state index contributed by atoms with van der Waals surface area (Å²) >= 11 is 0. The number of amides is 1. The van der Waals surface area contributed by atoms with Crippen LogP contribution in [0.4, 0.5) is 0 Å². The van der Waals surface area contributed by atoms with Gasteiger partial charge in [0.05, 0.1) is 0 Å². The van der Waals surface area contributed by atoms with Crippen molar-refractivity contribution >= 4 is 17.7 Å². The molecule has 0 saturated heterocycles. The molecule has 6 heteroatoms. The first-order chi connectivity index (χ1) is 5.62. The van der Waals surface area contributed by atoms with Crippen LogP contribution < -0.4 is 61.8 Å². The van der Waals surface area contributed by atoms with Gasteiger partial charge in [-0.25, -0.2) is 0 Å². The van der Waals surface area contributed by atoms with Crippen LogP contribution in [0.5, 0.6) is 0 Å². The van der Waals surface area contributed by atoms with E-state index in [1.54, 1.807) is 0 Å². The molecule has 1 spiro atoms. The van der Waals surface area contributed by atoms with Crippen molar-refractivity contribution in [2.24, 2.45) is 4.99 Å². The zero-order valence-electron chi connectivity index (χ0n) is 7.29. The summed E-state index contributed by atoms with van der Waals surface area (Å²) in [6, 6.07) is 0. The normalized spacial score (nSPS) is 21.8. The van der Waals surface area contributed by atoms with Gasteiger partial charge in [0.1, 0.15) is 11.4 Å². The van der Waals surface area contributed by atoms with Gasteiger partial charge in [-0.15, -0.1) is 0 Å². The third-order valence-electron chi connectivity index (χ3n) is 2.06. The molecule has 0 atom stereocenters. The fourth-order valence-electron chi connectivity index (χ4n) is 1.26. The van der Waals surface area contributed by atoms with Gasteiger partial charge in [-0.05, 0) is 12.8 Å². The van der Waals surface area contributed by atoms with Gasteiger partial charge in [-0.2, -0.15) is 0 Å². The van der Waals surface area contributed by atoms with E-state index in [9.17, 15) is 14.7 Å². The first-order valence-corrected chi connectivity index (χ1v) is 3.72. The quantitative estimate of drug-likeness (QED) is 0.460. The number of carboxylic acids is 1. The summed E-state index contributed by atoms with van der Waals surface area (Å²) in [5.41, 5.74) is -0.592. The maximum atomic E-state index is 11.1. The monoisotopic (exact) mass is 206 g/mol. The number of carboxylic acid groups (broad SMARTS) is 1. The summed E-state index contributed by atoms with van der Waals surface area (Å²) in [6.45, 7) is 0. The van der Waals surface area contributed by atoms with Gasteiger partial charge in [0, 0.05) is 12.4 Å². The molecule has 0 unspecified atom stereocenters. The summed E-state index contributed by atoms with van der Waals surface area (Å²) in [6.07, 6.45) is 1.16. The molecule has 1 fully saturated rings. The predicted molar refractivity (Wildman–Crippen MR) is 37.2 cm³/mol. The molecule has 2 aliphatic rings. The molecule has 5 nitrogen and oxygen atoms in total. The molecule has 0 bridgehead atoms. The molecule has 13 heavy (non-hydrogen) atoms. The zero-order valence-corrected chi connectivity index (χ0v) is 10.4. The number of hydrogen-bond acceptors (Lipinski definition) is 4. The van der Waals surface area contributed by atoms with Crippen molar-refractivity contribution < 1.29 is 66.1 Å². The van der Waals surface area contributed by atoms with Crippen molar-refractivity contribution in [3.05, 3.63) is 0 Å². The number of aliphatic carboxylic acids is 1. The number of amidine groups is 1. The van der Waals surface area contributed by atoms with Crippen LogP contribution in [0, 0.1) is 0 Å². The van der Waals surface area contributed by atoms with Crippen LogP contribution >= 0.6 is 0 Å². The van der Waals surface area contributed by atoms with Gasteiger partial charge in [-0.3, -0.25) is 9.79 Å². The minimum Gasteiger partial charge on any atom is -0.550 e. The van der Waals surface area contributed by atoms with E-state index in [-0.39, 0.29) is 69.5 Å². The number of nitrogens with one attached hydrogen (secondary N) is 1. The van der Waals surface area contributed by atoms with Gasteiger partial charge in [-0.1, -0.05) is 0 Å². The van der Waals surface area contributed by atoms with E-state index in [0.29, 0.717) is 0 Å². The minimum atomic E-state index is -1.22. The van der Waals surface area contributed by atoms with Crippen molar-refractivity contribution in [1.29, 1.82) is 0 Å². The molecule has 1 N–H and O–H groups in total. The first kappa shape index (κ1) is 11.3. The molecule has 2 rings (SSSR count). The zero-order chi connectivity index (χ0) is 8.77. The van der Waals surface area contributed by atoms with Gasteiger partial charge < -0.3 is 15.2 Å². The van der Waals surface area contributed by atoms with E-state index < -0.39 is 11.5 Å². The summed E-state index contributed by atoms with van der Waals surface area (Å²) in [7, 11) is 0. The molecule has 0 aromatic carbocycles. The number of nitrogens with zero attached hydrogens (tertiary/aromatic N) is 1. The first-order valence-electron chi connectivity index (χ1n) is 3.72. The average molecular weight is 206 g/mol. The topological polar surface area (TPSA) is 81.6 Å². The van der Waals surface area contributed by atoms with Crippen LogP contribution in [-0.4, -0.2) is 23.3 Å². The molecule has 1 heterocycles. The Morgan fingerprint density at radius 1 is 1.62 bits per heavy atom. The van der Waals surface area contributed by atoms with E-state index >= 15 is 0 Å². The molecule has 64 valence electrons. The molecule has 1 saturated carbocycles. The second-order valence-corrected chi connectivity index (χ2v) is 3.09. The van der Waals surface area contributed by atoms with Gasteiger partial charge >= 0.3 is 51.4 Å². The number of carbonyl (C=O) groups is 2. The standard InChI is InChI=1S/C7H8N2O3.K/c10-5(11)3-4-8-6(12)7(9-4)1-2-7;/h1-3H2,(H,10,11)(H,8,9,12);/q;+1/p-1. The molecular formula is C7H7KN2O3. The Morgan fingerprint density at radius 3 is 2.62 bits per heavy atom. The fourth-order valence-corrected chi connectivity index (χ4v) is 1.26. The number of aliphatic imine (C=N–C) groups is 1.